The minimum atomic E-state index is -0.865. The van der Waals surface area contributed by atoms with Gasteiger partial charge in [0.05, 0.1) is 6.42 Å². The first kappa shape index (κ1) is 13.9. The average Bonchev–Trinajstić information content (AvgIpc) is 2.14. The van der Waals surface area contributed by atoms with Crippen LogP contribution in [0.15, 0.2) is 0 Å². The quantitative estimate of drug-likeness (QED) is 0.703. The van der Waals surface area contributed by atoms with Crippen LogP contribution < -0.4 is 0 Å². The molecule has 0 aliphatic carbocycles. The Kier molecular flexibility index (Phi) is 6.75. The molecule has 0 heterocycles. The van der Waals surface area contributed by atoms with Gasteiger partial charge in [-0.3, -0.25) is 9.59 Å². The van der Waals surface area contributed by atoms with Gasteiger partial charge >= 0.3 is 5.97 Å². The van der Waals surface area contributed by atoms with Gasteiger partial charge in [-0.2, -0.15) is 0 Å². The normalized spacial score (nSPS) is 12.2. The zero-order valence-corrected chi connectivity index (χ0v) is 9.82. The summed E-state index contributed by atoms with van der Waals surface area (Å²) in [7, 11) is 1.66. The average molecular weight is 215 g/mol. The van der Waals surface area contributed by atoms with Gasteiger partial charge in [-0.05, 0) is 5.92 Å². The fourth-order valence-electron chi connectivity index (χ4n) is 1.44. The Hall–Kier alpha value is -1.06. The molecular weight excluding hydrogens is 194 g/mol. The van der Waals surface area contributed by atoms with Gasteiger partial charge in [-0.25, -0.2) is 0 Å². The second-order valence-corrected chi connectivity index (χ2v) is 4.06. The first-order chi connectivity index (χ1) is 6.97. The summed E-state index contributed by atoms with van der Waals surface area (Å²) in [4.78, 5) is 23.4. The van der Waals surface area contributed by atoms with Crippen LogP contribution in [0.5, 0.6) is 0 Å². The molecule has 0 rings (SSSR count). The van der Waals surface area contributed by atoms with Gasteiger partial charge < -0.3 is 10.0 Å². The van der Waals surface area contributed by atoms with Crippen LogP contribution in [0.2, 0.25) is 0 Å². The van der Waals surface area contributed by atoms with E-state index in [0.717, 1.165) is 12.8 Å². The molecule has 1 atom stereocenters. The summed E-state index contributed by atoms with van der Waals surface area (Å²) < 4.78 is 0. The first-order valence-electron chi connectivity index (χ1n) is 5.43. The third-order valence-electron chi connectivity index (χ3n) is 2.39. The first-order valence-corrected chi connectivity index (χ1v) is 5.43. The van der Waals surface area contributed by atoms with Gasteiger partial charge in [-0.15, -0.1) is 0 Å². The summed E-state index contributed by atoms with van der Waals surface area (Å²) in [5.74, 6) is -0.441. The number of carboxylic acids is 1. The van der Waals surface area contributed by atoms with Gasteiger partial charge in [0.2, 0.25) is 5.91 Å². The molecule has 0 aromatic heterocycles. The molecule has 0 aromatic rings. The highest BCUT2D eigenvalue weighted by Gasteiger charge is 2.13. The van der Waals surface area contributed by atoms with Crippen molar-refractivity contribution in [3.63, 3.8) is 0 Å². The van der Waals surface area contributed by atoms with Crippen LogP contribution in [-0.4, -0.2) is 35.5 Å². The van der Waals surface area contributed by atoms with Gasteiger partial charge in [0.15, 0.2) is 0 Å². The third-order valence-corrected chi connectivity index (χ3v) is 2.39. The summed E-state index contributed by atoms with van der Waals surface area (Å²) in [6, 6.07) is 0. The molecule has 0 aromatic carbocycles. The summed E-state index contributed by atoms with van der Waals surface area (Å²) in [5.41, 5.74) is 0. The Morgan fingerprint density at radius 2 is 2.00 bits per heavy atom. The molecule has 0 saturated carbocycles. The molecule has 1 N–H and O–H groups in total. The SMILES string of the molecule is CCCC(C)CC(=O)N(C)CCC(=O)O. The topological polar surface area (TPSA) is 57.6 Å². The molecule has 0 fully saturated rings. The Balaban J connectivity index is 3.82. The Labute approximate surface area is 91.3 Å². The van der Waals surface area contributed by atoms with E-state index in [2.05, 4.69) is 6.92 Å². The minimum Gasteiger partial charge on any atom is -0.481 e. The van der Waals surface area contributed by atoms with Crippen LogP contribution in [-0.2, 0) is 9.59 Å². The maximum absolute atomic E-state index is 11.6. The number of rotatable bonds is 7. The van der Waals surface area contributed by atoms with Crippen molar-refractivity contribution in [1.82, 2.24) is 4.90 Å². The fraction of sp³-hybridized carbons (Fsp3) is 0.818. The Morgan fingerprint density at radius 3 is 2.47 bits per heavy atom. The van der Waals surface area contributed by atoms with Crippen LogP contribution in [0.3, 0.4) is 0 Å². The lowest BCUT2D eigenvalue weighted by Gasteiger charge is -2.18. The standard InChI is InChI=1S/C11H21NO3/c1-4-5-9(2)8-10(13)12(3)7-6-11(14)15/h9H,4-8H2,1-3H3,(H,14,15). The number of hydrogen-bond acceptors (Lipinski definition) is 2. The predicted molar refractivity (Wildman–Crippen MR) is 58.6 cm³/mol. The summed E-state index contributed by atoms with van der Waals surface area (Å²) in [6.45, 7) is 4.44. The molecule has 0 spiro atoms. The van der Waals surface area contributed by atoms with Crippen molar-refractivity contribution >= 4 is 11.9 Å². The van der Waals surface area contributed by atoms with E-state index >= 15 is 0 Å². The van der Waals surface area contributed by atoms with Crippen molar-refractivity contribution in [3.8, 4) is 0 Å². The molecule has 4 heteroatoms. The molecule has 88 valence electrons. The number of carbonyl (C=O) groups is 2. The maximum atomic E-state index is 11.6. The van der Waals surface area contributed by atoms with Crippen molar-refractivity contribution in [3.05, 3.63) is 0 Å². The minimum absolute atomic E-state index is 0.0183. The van der Waals surface area contributed by atoms with Gasteiger partial charge in [-0.1, -0.05) is 26.7 Å². The van der Waals surface area contributed by atoms with E-state index in [9.17, 15) is 9.59 Å². The lowest BCUT2D eigenvalue weighted by atomic mass is 10.0. The number of hydrogen-bond donors (Lipinski definition) is 1. The van der Waals surface area contributed by atoms with E-state index in [0.29, 0.717) is 18.9 Å². The van der Waals surface area contributed by atoms with Gasteiger partial charge in [0, 0.05) is 20.0 Å². The zero-order chi connectivity index (χ0) is 11.8. The zero-order valence-electron chi connectivity index (χ0n) is 9.82. The van der Waals surface area contributed by atoms with Crippen molar-refractivity contribution in [2.24, 2.45) is 5.92 Å². The molecule has 1 amide bonds. The van der Waals surface area contributed by atoms with Crippen molar-refractivity contribution < 1.29 is 14.7 Å². The number of carbonyl (C=O) groups excluding carboxylic acids is 1. The van der Waals surface area contributed by atoms with E-state index in [4.69, 9.17) is 5.11 Å². The number of amides is 1. The second kappa shape index (κ2) is 7.26. The fourth-order valence-corrected chi connectivity index (χ4v) is 1.44. The van der Waals surface area contributed by atoms with Gasteiger partial charge in [0.25, 0.3) is 0 Å². The highest BCUT2D eigenvalue weighted by atomic mass is 16.4. The van der Waals surface area contributed by atoms with Crippen LogP contribution >= 0.6 is 0 Å². The number of aliphatic carboxylic acids is 1. The molecular formula is C11H21NO3. The van der Waals surface area contributed by atoms with E-state index in [1.165, 1.54) is 4.90 Å². The van der Waals surface area contributed by atoms with Crippen molar-refractivity contribution in [1.29, 1.82) is 0 Å². The molecule has 15 heavy (non-hydrogen) atoms. The molecule has 4 nitrogen and oxygen atoms in total. The molecule has 0 aliphatic rings. The molecule has 0 radical (unpaired) electrons. The third kappa shape index (κ3) is 6.94. The van der Waals surface area contributed by atoms with Gasteiger partial charge in [0.1, 0.15) is 0 Å². The molecule has 1 unspecified atom stereocenters. The van der Waals surface area contributed by atoms with E-state index in [1.807, 2.05) is 6.92 Å². The smallest absolute Gasteiger partial charge is 0.305 e. The van der Waals surface area contributed by atoms with Crippen molar-refractivity contribution in [2.75, 3.05) is 13.6 Å². The summed E-state index contributed by atoms with van der Waals surface area (Å²) in [6.07, 6.45) is 2.65. The predicted octanol–water partition coefficient (Wildman–Crippen LogP) is 1.75. The molecule has 0 aliphatic heterocycles. The number of nitrogens with zero attached hydrogens (tertiary/aromatic N) is 1. The second-order valence-electron chi connectivity index (χ2n) is 4.06. The number of carboxylic acid groups (broad SMARTS) is 1. The molecule has 0 saturated heterocycles. The largest absolute Gasteiger partial charge is 0.481 e. The van der Waals surface area contributed by atoms with Crippen LogP contribution in [0.1, 0.15) is 39.5 Å². The van der Waals surface area contributed by atoms with E-state index in [1.54, 1.807) is 7.05 Å². The highest BCUT2D eigenvalue weighted by Crippen LogP contribution is 2.11. The van der Waals surface area contributed by atoms with Crippen LogP contribution in [0.25, 0.3) is 0 Å². The lowest BCUT2D eigenvalue weighted by Crippen LogP contribution is -2.30. The maximum Gasteiger partial charge on any atom is 0.305 e. The summed E-state index contributed by atoms with van der Waals surface area (Å²) >= 11 is 0. The summed E-state index contributed by atoms with van der Waals surface area (Å²) in [5, 5.41) is 8.47. The van der Waals surface area contributed by atoms with E-state index < -0.39 is 5.97 Å². The van der Waals surface area contributed by atoms with E-state index in [-0.39, 0.29) is 12.3 Å². The monoisotopic (exact) mass is 215 g/mol. The molecule has 0 bridgehead atoms. The highest BCUT2D eigenvalue weighted by molar-refractivity contribution is 5.76. The van der Waals surface area contributed by atoms with Crippen LogP contribution in [0, 0.1) is 5.92 Å². The lowest BCUT2D eigenvalue weighted by molar-refractivity contribution is -0.138. The Morgan fingerprint density at radius 1 is 1.40 bits per heavy atom. The van der Waals surface area contributed by atoms with Crippen molar-refractivity contribution in [2.45, 2.75) is 39.5 Å². The van der Waals surface area contributed by atoms with Crippen LogP contribution in [0.4, 0.5) is 0 Å². The Bertz CT molecular complexity index is 216.